The van der Waals surface area contributed by atoms with Crippen LogP contribution >= 0.6 is 22.6 Å². The Morgan fingerprint density at radius 1 is 1.20 bits per heavy atom. The van der Waals surface area contributed by atoms with Crippen molar-refractivity contribution in [1.82, 2.24) is 9.55 Å². The molecule has 0 saturated heterocycles. The number of halogens is 3. The summed E-state index contributed by atoms with van der Waals surface area (Å²) in [6, 6.07) is 7.63. The van der Waals surface area contributed by atoms with E-state index in [1.54, 1.807) is 41.1 Å². The van der Waals surface area contributed by atoms with Gasteiger partial charge in [0.25, 0.3) is 5.91 Å². The standard InChI is InChI=1S/C18H14F2IN3O/c1-10-6-14(11(2)24(10)13-4-3-5-22-9-13)18(25)23-12-7-15(19)17(21)16(20)8-12/h3-9H,1-2H3,(H,23,25). The molecule has 0 aliphatic heterocycles. The maximum atomic E-state index is 13.7. The smallest absolute Gasteiger partial charge is 0.257 e. The summed E-state index contributed by atoms with van der Waals surface area (Å²) in [4.78, 5) is 16.6. The summed E-state index contributed by atoms with van der Waals surface area (Å²) < 4.78 is 29.1. The van der Waals surface area contributed by atoms with Crippen molar-refractivity contribution >= 4 is 34.2 Å². The van der Waals surface area contributed by atoms with Gasteiger partial charge in [0, 0.05) is 23.3 Å². The second kappa shape index (κ2) is 6.91. The molecule has 0 saturated carbocycles. The maximum absolute atomic E-state index is 13.7. The van der Waals surface area contributed by atoms with Crippen LogP contribution in [0.4, 0.5) is 14.5 Å². The number of nitrogens with zero attached hydrogens (tertiary/aromatic N) is 2. The summed E-state index contributed by atoms with van der Waals surface area (Å²) >= 11 is 1.58. The van der Waals surface area contributed by atoms with Gasteiger partial charge >= 0.3 is 0 Å². The number of benzene rings is 1. The molecule has 0 unspecified atom stereocenters. The molecule has 4 nitrogen and oxygen atoms in total. The van der Waals surface area contributed by atoms with E-state index in [2.05, 4.69) is 10.3 Å². The van der Waals surface area contributed by atoms with E-state index in [1.165, 1.54) is 0 Å². The van der Waals surface area contributed by atoms with Crippen LogP contribution in [0.25, 0.3) is 5.69 Å². The molecule has 7 heteroatoms. The summed E-state index contributed by atoms with van der Waals surface area (Å²) in [5.41, 5.74) is 2.92. The Bertz CT molecular complexity index is 931. The molecular weight excluding hydrogens is 439 g/mol. The third-order valence-electron chi connectivity index (χ3n) is 3.82. The van der Waals surface area contributed by atoms with Gasteiger partial charge in [0.2, 0.25) is 0 Å². The van der Waals surface area contributed by atoms with Crippen LogP contribution in [0.3, 0.4) is 0 Å². The van der Waals surface area contributed by atoms with Gasteiger partial charge < -0.3 is 9.88 Å². The van der Waals surface area contributed by atoms with Crippen LogP contribution in [0.2, 0.25) is 0 Å². The fourth-order valence-electron chi connectivity index (χ4n) is 2.70. The van der Waals surface area contributed by atoms with Gasteiger partial charge in [0.1, 0.15) is 11.6 Å². The zero-order valence-electron chi connectivity index (χ0n) is 13.5. The third-order valence-corrected chi connectivity index (χ3v) is 4.85. The lowest BCUT2D eigenvalue weighted by molar-refractivity contribution is 0.102. The molecule has 0 spiro atoms. The molecule has 1 N–H and O–H groups in total. The van der Waals surface area contributed by atoms with Gasteiger partial charge in [-0.05, 0) is 66.8 Å². The number of aromatic nitrogens is 2. The van der Waals surface area contributed by atoms with Gasteiger partial charge in [-0.15, -0.1) is 0 Å². The topological polar surface area (TPSA) is 46.9 Å². The number of aryl methyl sites for hydroxylation is 1. The lowest BCUT2D eigenvalue weighted by atomic mass is 10.2. The molecule has 0 aliphatic rings. The number of hydrogen-bond acceptors (Lipinski definition) is 2. The summed E-state index contributed by atoms with van der Waals surface area (Å²) in [5.74, 6) is -1.85. The second-order valence-corrected chi connectivity index (χ2v) is 6.62. The quantitative estimate of drug-likeness (QED) is 0.465. The Balaban J connectivity index is 1.94. The fraction of sp³-hybridized carbons (Fsp3) is 0.111. The average Bonchev–Trinajstić information content (AvgIpc) is 2.88. The third kappa shape index (κ3) is 3.41. The van der Waals surface area contributed by atoms with E-state index in [9.17, 15) is 13.6 Å². The number of hydrogen-bond donors (Lipinski definition) is 1. The summed E-state index contributed by atoms with van der Waals surface area (Å²) in [6.45, 7) is 3.69. The number of carbonyl (C=O) groups is 1. The van der Waals surface area contributed by atoms with E-state index in [1.807, 2.05) is 30.5 Å². The molecule has 0 atom stereocenters. The molecule has 0 radical (unpaired) electrons. The van der Waals surface area contributed by atoms with Gasteiger partial charge in [-0.2, -0.15) is 0 Å². The van der Waals surface area contributed by atoms with Gasteiger partial charge in [0.15, 0.2) is 0 Å². The summed E-state index contributed by atoms with van der Waals surface area (Å²) in [5, 5.41) is 2.55. The van der Waals surface area contributed by atoms with Crippen molar-refractivity contribution in [3.05, 3.63) is 74.9 Å². The van der Waals surface area contributed by atoms with E-state index >= 15 is 0 Å². The first kappa shape index (κ1) is 17.5. The SMILES string of the molecule is Cc1cc(C(=O)Nc2cc(F)c(I)c(F)c2)c(C)n1-c1cccnc1. The van der Waals surface area contributed by atoms with Crippen LogP contribution < -0.4 is 5.32 Å². The highest BCUT2D eigenvalue weighted by Gasteiger charge is 2.18. The van der Waals surface area contributed by atoms with E-state index in [0.717, 1.165) is 29.2 Å². The zero-order chi connectivity index (χ0) is 18.1. The molecule has 1 amide bonds. The van der Waals surface area contributed by atoms with Crippen LogP contribution in [0.1, 0.15) is 21.7 Å². The van der Waals surface area contributed by atoms with Crippen LogP contribution in [0.15, 0.2) is 42.7 Å². The Morgan fingerprint density at radius 2 is 1.88 bits per heavy atom. The number of anilines is 1. The van der Waals surface area contributed by atoms with E-state index in [-0.39, 0.29) is 9.26 Å². The van der Waals surface area contributed by atoms with Gasteiger partial charge in [-0.3, -0.25) is 9.78 Å². The van der Waals surface area contributed by atoms with Crippen molar-refractivity contribution in [3.8, 4) is 5.69 Å². The van der Waals surface area contributed by atoms with Crippen molar-refractivity contribution in [2.24, 2.45) is 0 Å². The zero-order valence-corrected chi connectivity index (χ0v) is 15.6. The van der Waals surface area contributed by atoms with Crippen molar-refractivity contribution in [3.63, 3.8) is 0 Å². The van der Waals surface area contributed by atoms with Crippen LogP contribution in [0, 0.1) is 29.1 Å². The van der Waals surface area contributed by atoms with Crippen molar-refractivity contribution in [2.45, 2.75) is 13.8 Å². The van der Waals surface area contributed by atoms with Crippen molar-refractivity contribution in [1.29, 1.82) is 0 Å². The molecule has 0 bridgehead atoms. The Morgan fingerprint density at radius 3 is 2.48 bits per heavy atom. The Kier molecular flexibility index (Phi) is 4.85. The normalized spacial score (nSPS) is 10.8. The molecular formula is C18H14F2IN3O. The first-order valence-electron chi connectivity index (χ1n) is 7.43. The minimum absolute atomic E-state index is 0.0756. The van der Waals surface area contributed by atoms with Crippen molar-refractivity contribution in [2.75, 3.05) is 5.32 Å². The first-order chi connectivity index (χ1) is 11.9. The highest BCUT2D eigenvalue weighted by Crippen LogP contribution is 2.23. The molecule has 0 fully saturated rings. The van der Waals surface area contributed by atoms with Gasteiger partial charge in [-0.1, -0.05) is 0 Å². The monoisotopic (exact) mass is 453 g/mol. The molecule has 2 heterocycles. The molecule has 3 aromatic rings. The number of carbonyl (C=O) groups excluding carboxylic acids is 1. The van der Waals surface area contributed by atoms with E-state index < -0.39 is 17.5 Å². The number of nitrogens with one attached hydrogen (secondary N) is 1. The van der Waals surface area contributed by atoms with Crippen molar-refractivity contribution < 1.29 is 13.6 Å². The van der Waals surface area contributed by atoms with Crippen LogP contribution in [-0.4, -0.2) is 15.5 Å². The average molecular weight is 453 g/mol. The fourth-order valence-corrected chi connectivity index (χ4v) is 3.01. The molecule has 0 aliphatic carbocycles. The molecule has 1 aromatic carbocycles. The largest absolute Gasteiger partial charge is 0.322 e. The lowest BCUT2D eigenvalue weighted by Gasteiger charge is -2.10. The van der Waals surface area contributed by atoms with Crippen LogP contribution in [0.5, 0.6) is 0 Å². The summed E-state index contributed by atoms with van der Waals surface area (Å²) in [6.07, 6.45) is 3.37. The minimum Gasteiger partial charge on any atom is -0.322 e. The Hall–Kier alpha value is -2.29. The van der Waals surface area contributed by atoms with Gasteiger partial charge in [-0.25, -0.2) is 8.78 Å². The molecule has 25 heavy (non-hydrogen) atoms. The molecule has 3 rings (SSSR count). The number of amides is 1. The van der Waals surface area contributed by atoms with E-state index in [0.29, 0.717) is 5.56 Å². The number of rotatable bonds is 3. The van der Waals surface area contributed by atoms with Crippen LogP contribution in [-0.2, 0) is 0 Å². The maximum Gasteiger partial charge on any atom is 0.257 e. The minimum atomic E-state index is -0.711. The molecule has 2 aromatic heterocycles. The highest BCUT2D eigenvalue weighted by molar-refractivity contribution is 14.1. The first-order valence-corrected chi connectivity index (χ1v) is 8.51. The van der Waals surface area contributed by atoms with Gasteiger partial charge in [0.05, 0.1) is 21.0 Å². The predicted molar refractivity (Wildman–Crippen MR) is 100 cm³/mol. The predicted octanol–water partition coefficient (Wildman–Crippen LogP) is 4.62. The highest BCUT2D eigenvalue weighted by atomic mass is 127. The lowest BCUT2D eigenvalue weighted by Crippen LogP contribution is -2.13. The molecule has 128 valence electrons. The van der Waals surface area contributed by atoms with E-state index in [4.69, 9.17) is 0 Å². The summed E-state index contributed by atoms with van der Waals surface area (Å²) in [7, 11) is 0. The second-order valence-electron chi connectivity index (χ2n) is 5.54. The number of pyridine rings is 1. The Labute approximate surface area is 157 Å².